The van der Waals surface area contributed by atoms with Crippen LogP contribution in [-0.4, -0.2) is 118 Å². The first kappa shape index (κ1) is 35.9. The molecule has 5 aliphatic heterocycles. The smallest absolute Gasteiger partial charge is 0.254 e. The van der Waals surface area contributed by atoms with Crippen LogP contribution in [0.15, 0.2) is 48.6 Å². The molecule has 288 valence electrons. The van der Waals surface area contributed by atoms with Gasteiger partial charge in [-0.1, -0.05) is 44.2 Å². The minimum Gasteiger partial charge on any atom is -0.496 e. The number of hydrogen-bond acceptors (Lipinski definition) is 9. The molecule has 1 unspecified atom stereocenters. The molecule has 10 atom stereocenters. The van der Waals surface area contributed by atoms with Crippen molar-refractivity contribution >= 4 is 28.3 Å². The Hall–Kier alpha value is -3.74. The lowest BCUT2D eigenvalue weighted by Gasteiger charge is -2.63. The van der Waals surface area contributed by atoms with Crippen molar-refractivity contribution in [2.24, 2.45) is 17.1 Å². The molecule has 6 heterocycles. The number of primary amides is 1. The third-order valence-corrected chi connectivity index (χ3v) is 15.3. The molecule has 6 N–H and O–H groups in total. The number of rotatable bonds is 6. The molecule has 2 bridgehead atoms. The van der Waals surface area contributed by atoms with E-state index in [0.29, 0.717) is 63.9 Å². The molecule has 2 saturated heterocycles. The van der Waals surface area contributed by atoms with Crippen molar-refractivity contribution in [2.45, 2.75) is 99.5 Å². The highest BCUT2D eigenvalue weighted by Crippen LogP contribution is 2.67. The molecular formula is C43H55N5O6. The Morgan fingerprint density at radius 2 is 1.83 bits per heavy atom. The first-order chi connectivity index (χ1) is 25.8. The number of aromatic nitrogens is 1. The predicted octanol–water partition coefficient (Wildman–Crippen LogP) is 3.15. The average Bonchev–Trinajstić information content (AvgIpc) is 3.82. The summed E-state index contributed by atoms with van der Waals surface area (Å²) in [6, 6.07) is 11.3. The van der Waals surface area contributed by atoms with Crippen LogP contribution >= 0.6 is 0 Å². The summed E-state index contributed by atoms with van der Waals surface area (Å²) in [4.78, 5) is 39.2. The Labute approximate surface area is 317 Å². The van der Waals surface area contributed by atoms with Crippen LogP contribution in [0.3, 0.4) is 0 Å². The van der Waals surface area contributed by atoms with E-state index < -0.39 is 45.5 Å². The Kier molecular flexibility index (Phi) is 7.91. The van der Waals surface area contributed by atoms with E-state index in [1.807, 2.05) is 56.1 Å². The van der Waals surface area contributed by atoms with Gasteiger partial charge in [0.15, 0.2) is 5.60 Å². The standard InChI is InChI=1S/C43H55N5O6/c1-6-39(52)21-26-22-42(25(3)49,34-28(13-17-47(23-26)24-39)27-11-8-9-12-31(27)45-34)30-19-29-32(20-33(30)54-5)46(4)36-41(29)15-18-48-16-10-14-40(7-2,35(41)48)37(50)43(36,53)38(44)51/h8-12,14,19-20,26,35-37,45,50,52-53H,6-7,13,15-18,21-24H2,1-5H3,(H2,44,51)/t26-,35-,36+,37+,39-,40+,41+,42-,43+/m0/s1. The number of carbonyl (C=O) groups is 2. The second kappa shape index (κ2) is 11.9. The van der Waals surface area contributed by atoms with E-state index >= 15 is 4.79 Å². The molecule has 0 radical (unpaired) electrons. The van der Waals surface area contributed by atoms with Crippen molar-refractivity contribution < 1.29 is 29.6 Å². The van der Waals surface area contributed by atoms with Gasteiger partial charge < -0.3 is 35.7 Å². The maximum absolute atomic E-state index is 15.1. The molecule has 54 heavy (non-hydrogen) atoms. The number of H-pyrrole nitrogens is 1. The number of para-hydroxylation sites is 1. The lowest BCUT2D eigenvalue weighted by atomic mass is 9.47. The summed E-state index contributed by atoms with van der Waals surface area (Å²) < 4.78 is 6.33. The van der Waals surface area contributed by atoms with Gasteiger partial charge in [-0.3, -0.25) is 19.4 Å². The van der Waals surface area contributed by atoms with Gasteiger partial charge in [-0.15, -0.1) is 0 Å². The number of likely N-dealkylation sites (N-methyl/N-ethyl adjacent to an activating group) is 1. The number of anilines is 1. The van der Waals surface area contributed by atoms with Crippen molar-refractivity contribution in [2.75, 3.05) is 51.8 Å². The van der Waals surface area contributed by atoms with Gasteiger partial charge in [0.2, 0.25) is 0 Å². The van der Waals surface area contributed by atoms with Crippen molar-refractivity contribution in [3.05, 3.63) is 70.9 Å². The zero-order valence-corrected chi connectivity index (χ0v) is 32.2. The molecule has 1 saturated carbocycles. The van der Waals surface area contributed by atoms with Crippen molar-refractivity contribution in [1.82, 2.24) is 14.8 Å². The van der Waals surface area contributed by atoms with Crippen LogP contribution in [0.1, 0.15) is 75.3 Å². The molecule has 6 aliphatic rings. The maximum Gasteiger partial charge on any atom is 0.254 e. The number of aliphatic hydroxyl groups excluding tert-OH is 1. The number of carbonyl (C=O) groups excluding carboxylic acids is 2. The highest BCUT2D eigenvalue weighted by atomic mass is 16.5. The quantitative estimate of drug-likeness (QED) is 0.240. The van der Waals surface area contributed by atoms with Crippen molar-refractivity contribution in [3.63, 3.8) is 0 Å². The van der Waals surface area contributed by atoms with Crippen LogP contribution in [0, 0.1) is 11.3 Å². The molecule has 11 heteroatoms. The molecule has 3 fully saturated rings. The van der Waals surface area contributed by atoms with Gasteiger partial charge in [-0.2, -0.15) is 0 Å². The second-order valence-electron chi connectivity index (χ2n) is 17.6. The van der Waals surface area contributed by atoms with Gasteiger partial charge in [0.1, 0.15) is 17.6 Å². The fourth-order valence-electron chi connectivity index (χ4n) is 13.1. The topological polar surface area (TPSA) is 156 Å². The van der Waals surface area contributed by atoms with E-state index in [9.17, 15) is 20.1 Å². The summed E-state index contributed by atoms with van der Waals surface area (Å²) >= 11 is 0. The number of nitrogens with one attached hydrogen (secondary N) is 1. The zero-order valence-electron chi connectivity index (χ0n) is 32.2. The number of amides is 1. The summed E-state index contributed by atoms with van der Waals surface area (Å²) in [7, 11) is 3.50. The number of aromatic amines is 1. The fourth-order valence-corrected chi connectivity index (χ4v) is 13.1. The van der Waals surface area contributed by atoms with Gasteiger partial charge in [-0.25, -0.2) is 0 Å². The number of piperidine rings is 1. The number of ketones is 1. The Balaban J connectivity index is 1.35. The van der Waals surface area contributed by atoms with Crippen LogP contribution in [0.4, 0.5) is 5.69 Å². The normalized spacial score (nSPS) is 39.6. The third-order valence-electron chi connectivity index (χ3n) is 15.3. The van der Waals surface area contributed by atoms with Crippen molar-refractivity contribution in [3.8, 4) is 5.75 Å². The molecule has 1 spiro atoms. The third kappa shape index (κ3) is 4.30. The van der Waals surface area contributed by atoms with E-state index in [4.69, 9.17) is 10.5 Å². The molecule has 1 aromatic heterocycles. The number of Topliss-reactive ketones (excluding diaryl/α,β-unsaturated/α-hetero) is 1. The molecule has 1 amide bonds. The lowest BCUT2D eigenvalue weighted by Crippen LogP contribution is -2.81. The zero-order chi connectivity index (χ0) is 38.2. The highest BCUT2D eigenvalue weighted by Gasteiger charge is 2.78. The first-order valence-corrected chi connectivity index (χ1v) is 19.9. The number of hydrogen-bond donors (Lipinski definition) is 5. The predicted molar refractivity (Wildman–Crippen MR) is 207 cm³/mol. The number of benzene rings is 2. The summed E-state index contributed by atoms with van der Waals surface area (Å²) in [6.45, 7) is 9.27. The van der Waals surface area contributed by atoms with Crippen LogP contribution < -0.4 is 15.4 Å². The number of nitrogens with two attached hydrogens (primary N) is 1. The van der Waals surface area contributed by atoms with Crippen LogP contribution in [0.5, 0.6) is 5.75 Å². The number of methoxy groups -OCH3 is 1. The molecule has 1 aliphatic carbocycles. The number of fused-ring (bicyclic) bond motifs is 6. The number of nitrogens with zero attached hydrogens (tertiary/aromatic N) is 3. The number of aliphatic hydroxyl groups is 3. The molecule has 9 rings (SSSR count). The largest absolute Gasteiger partial charge is 0.496 e. The van der Waals surface area contributed by atoms with Crippen LogP contribution in [0.2, 0.25) is 0 Å². The summed E-state index contributed by atoms with van der Waals surface area (Å²) in [5.74, 6) is -0.424. The van der Waals surface area contributed by atoms with Gasteiger partial charge >= 0.3 is 0 Å². The summed E-state index contributed by atoms with van der Waals surface area (Å²) in [6.07, 6.45) is 6.12. The highest BCUT2D eigenvalue weighted by molar-refractivity contribution is 5.97. The first-order valence-electron chi connectivity index (χ1n) is 19.9. The Bertz CT molecular complexity index is 2100. The minimum absolute atomic E-state index is 0.000478. The van der Waals surface area contributed by atoms with E-state index in [0.717, 1.165) is 52.1 Å². The second-order valence-corrected chi connectivity index (χ2v) is 17.6. The summed E-state index contributed by atoms with van der Waals surface area (Å²) in [5, 5.41) is 38.0. The monoisotopic (exact) mass is 737 g/mol. The summed E-state index contributed by atoms with van der Waals surface area (Å²) in [5.41, 5.74) is 5.49. The van der Waals surface area contributed by atoms with Gasteiger partial charge in [0.25, 0.3) is 5.91 Å². The van der Waals surface area contributed by atoms with E-state index in [-0.39, 0.29) is 17.7 Å². The van der Waals surface area contributed by atoms with Gasteiger partial charge in [0, 0.05) is 84.0 Å². The SMILES string of the molecule is CC[C@]1(O)C[C@@H]2CN(CCc3c([nH]c4ccccc34)[C@@](C(C)=O)(c3cc4c(cc3OC)N(C)[C@H]3[C@](O)(C(N)=O)[C@H](O)[C@]5(CC)C=CCN6CC[C@]43[C@@H]65)C2)C1. The minimum atomic E-state index is -2.28. The molecule has 2 aromatic carbocycles. The molecule has 11 nitrogen and oxygen atoms in total. The maximum atomic E-state index is 15.1. The van der Waals surface area contributed by atoms with E-state index in [2.05, 4.69) is 33.0 Å². The lowest BCUT2D eigenvalue weighted by molar-refractivity contribution is -0.201. The van der Waals surface area contributed by atoms with Crippen LogP contribution in [-0.2, 0) is 26.8 Å². The molecular weight excluding hydrogens is 683 g/mol. The Morgan fingerprint density at radius 3 is 2.54 bits per heavy atom. The molecule has 3 aromatic rings. The van der Waals surface area contributed by atoms with Gasteiger partial charge in [-0.05, 0) is 81.2 Å². The number of ether oxygens (including phenoxy) is 1. The van der Waals surface area contributed by atoms with Crippen molar-refractivity contribution in [1.29, 1.82) is 0 Å². The van der Waals surface area contributed by atoms with Crippen LogP contribution in [0.25, 0.3) is 10.9 Å². The van der Waals surface area contributed by atoms with E-state index in [1.165, 1.54) is 0 Å². The average molecular weight is 738 g/mol. The Morgan fingerprint density at radius 1 is 1.06 bits per heavy atom. The van der Waals surface area contributed by atoms with E-state index in [1.54, 1.807) is 14.0 Å². The fraction of sp³-hybridized carbons (Fsp3) is 0.581. The van der Waals surface area contributed by atoms with Gasteiger partial charge in [0.05, 0.1) is 24.2 Å².